The van der Waals surface area contributed by atoms with Crippen LogP contribution >= 0.6 is 0 Å². The molecule has 1 fully saturated rings. The maximum Gasteiger partial charge on any atom is 0.306 e. The molecule has 0 aromatic rings. The Morgan fingerprint density at radius 1 is 1.29 bits per heavy atom. The molecular weight excluding hydrogens is 184 g/mol. The fourth-order valence-corrected chi connectivity index (χ4v) is 1.76. The van der Waals surface area contributed by atoms with E-state index in [1.807, 2.05) is 0 Å². The highest BCUT2D eigenvalue weighted by Gasteiger charge is 2.33. The van der Waals surface area contributed by atoms with Crippen LogP contribution in [-0.2, 0) is 9.59 Å². The van der Waals surface area contributed by atoms with E-state index in [1.165, 1.54) is 0 Å². The van der Waals surface area contributed by atoms with Gasteiger partial charge in [-0.05, 0) is 19.3 Å². The minimum Gasteiger partial charge on any atom is -0.481 e. The largest absolute Gasteiger partial charge is 0.481 e. The number of hydrazine groups is 1. The second-order valence-corrected chi connectivity index (χ2v) is 3.92. The Morgan fingerprint density at radius 3 is 2.29 bits per heavy atom. The van der Waals surface area contributed by atoms with Crippen LogP contribution < -0.4 is 5.43 Å². The average Bonchev–Trinajstić information content (AvgIpc) is 2.50. The van der Waals surface area contributed by atoms with Crippen molar-refractivity contribution in [2.24, 2.45) is 11.8 Å². The van der Waals surface area contributed by atoms with E-state index in [1.54, 1.807) is 19.1 Å². The molecule has 0 bridgehead atoms. The summed E-state index contributed by atoms with van der Waals surface area (Å²) < 4.78 is 0. The highest BCUT2D eigenvalue weighted by Crippen LogP contribution is 2.30. The summed E-state index contributed by atoms with van der Waals surface area (Å²) in [5.74, 6) is -1.34. The van der Waals surface area contributed by atoms with Gasteiger partial charge in [0, 0.05) is 20.0 Å². The second kappa shape index (κ2) is 4.41. The van der Waals surface area contributed by atoms with Crippen molar-refractivity contribution >= 4 is 11.9 Å². The minimum atomic E-state index is -0.787. The van der Waals surface area contributed by atoms with Crippen molar-refractivity contribution in [3.05, 3.63) is 0 Å². The quantitative estimate of drug-likeness (QED) is 0.633. The molecule has 1 amide bonds. The van der Waals surface area contributed by atoms with Crippen LogP contribution in [0.25, 0.3) is 0 Å². The Balaban J connectivity index is 2.42. The van der Waals surface area contributed by atoms with E-state index in [0.29, 0.717) is 19.3 Å². The average molecular weight is 200 g/mol. The maximum atomic E-state index is 11.5. The molecule has 0 aromatic carbocycles. The molecule has 0 aliphatic heterocycles. The number of amides is 1. The molecule has 5 nitrogen and oxygen atoms in total. The second-order valence-electron chi connectivity index (χ2n) is 3.92. The highest BCUT2D eigenvalue weighted by molar-refractivity contribution is 5.80. The fourth-order valence-electron chi connectivity index (χ4n) is 1.76. The minimum absolute atomic E-state index is 0.0706. The Bertz CT molecular complexity index is 240. The first-order valence-corrected chi connectivity index (χ1v) is 4.71. The van der Waals surface area contributed by atoms with E-state index in [0.717, 1.165) is 0 Å². The van der Waals surface area contributed by atoms with Crippen LogP contribution in [0.5, 0.6) is 0 Å². The number of nitrogens with zero attached hydrogens (tertiary/aromatic N) is 1. The molecule has 1 saturated carbocycles. The highest BCUT2D eigenvalue weighted by atomic mass is 16.4. The molecule has 0 saturated heterocycles. The Labute approximate surface area is 83.1 Å². The molecule has 0 aromatic heterocycles. The van der Waals surface area contributed by atoms with Crippen molar-refractivity contribution in [2.75, 3.05) is 14.1 Å². The smallest absolute Gasteiger partial charge is 0.306 e. The first kappa shape index (κ1) is 11.0. The van der Waals surface area contributed by atoms with Gasteiger partial charge in [0.15, 0.2) is 0 Å². The van der Waals surface area contributed by atoms with Gasteiger partial charge in [0.25, 0.3) is 0 Å². The summed E-state index contributed by atoms with van der Waals surface area (Å²) >= 11 is 0. The van der Waals surface area contributed by atoms with Crippen LogP contribution in [0, 0.1) is 11.8 Å². The summed E-state index contributed by atoms with van der Waals surface area (Å²) in [6.07, 6.45) is 1.76. The fraction of sp³-hybridized carbons (Fsp3) is 0.778. The predicted molar refractivity (Wildman–Crippen MR) is 50.3 cm³/mol. The zero-order valence-corrected chi connectivity index (χ0v) is 8.49. The number of hydrogen-bond acceptors (Lipinski definition) is 3. The number of carboxylic acid groups (broad SMARTS) is 1. The Morgan fingerprint density at radius 2 is 1.86 bits per heavy atom. The van der Waals surface area contributed by atoms with Gasteiger partial charge in [-0.3, -0.25) is 15.0 Å². The molecule has 0 radical (unpaired) electrons. The van der Waals surface area contributed by atoms with Gasteiger partial charge in [-0.15, -0.1) is 0 Å². The van der Waals surface area contributed by atoms with Gasteiger partial charge in [-0.1, -0.05) is 0 Å². The van der Waals surface area contributed by atoms with Gasteiger partial charge >= 0.3 is 5.97 Å². The van der Waals surface area contributed by atoms with Crippen LogP contribution in [0.4, 0.5) is 0 Å². The van der Waals surface area contributed by atoms with Crippen LogP contribution in [0.3, 0.4) is 0 Å². The van der Waals surface area contributed by atoms with E-state index < -0.39 is 5.97 Å². The summed E-state index contributed by atoms with van der Waals surface area (Å²) in [4.78, 5) is 22.1. The van der Waals surface area contributed by atoms with E-state index in [-0.39, 0.29) is 17.7 Å². The SMILES string of the molecule is CN(C)NC(=O)C1CCC(C(=O)O)C1. The lowest BCUT2D eigenvalue weighted by Gasteiger charge is -2.15. The van der Waals surface area contributed by atoms with Crippen molar-refractivity contribution in [2.45, 2.75) is 19.3 Å². The summed E-state index contributed by atoms with van der Waals surface area (Å²) in [6, 6.07) is 0. The monoisotopic (exact) mass is 200 g/mol. The molecule has 14 heavy (non-hydrogen) atoms. The summed E-state index contributed by atoms with van der Waals surface area (Å²) in [7, 11) is 3.48. The summed E-state index contributed by atoms with van der Waals surface area (Å²) in [5, 5.41) is 10.3. The third kappa shape index (κ3) is 2.70. The van der Waals surface area contributed by atoms with Gasteiger partial charge < -0.3 is 5.11 Å². The van der Waals surface area contributed by atoms with Gasteiger partial charge in [-0.2, -0.15) is 0 Å². The molecule has 2 unspecified atom stereocenters. The zero-order valence-electron chi connectivity index (χ0n) is 8.49. The first-order valence-electron chi connectivity index (χ1n) is 4.71. The first-order chi connectivity index (χ1) is 6.50. The van der Waals surface area contributed by atoms with Gasteiger partial charge in [0.1, 0.15) is 0 Å². The lowest BCUT2D eigenvalue weighted by molar-refractivity contribution is -0.141. The van der Waals surface area contributed by atoms with E-state index in [4.69, 9.17) is 5.11 Å². The Hall–Kier alpha value is -1.10. The molecule has 1 aliphatic rings. The molecule has 2 atom stereocenters. The number of carboxylic acids is 1. The zero-order chi connectivity index (χ0) is 10.7. The molecule has 2 N–H and O–H groups in total. The molecule has 1 rings (SSSR count). The van der Waals surface area contributed by atoms with E-state index in [2.05, 4.69) is 5.43 Å². The van der Waals surface area contributed by atoms with Crippen molar-refractivity contribution in [3.8, 4) is 0 Å². The number of hydrogen-bond donors (Lipinski definition) is 2. The standard InChI is InChI=1S/C9H16N2O3/c1-11(2)10-8(12)6-3-4-7(5-6)9(13)14/h6-7H,3-5H2,1-2H3,(H,10,12)(H,13,14). The van der Waals surface area contributed by atoms with Crippen molar-refractivity contribution in [3.63, 3.8) is 0 Å². The van der Waals surface area contributed by atoms with Crippen molar-refractivity contribution in [1.82, 2.24) is 10.4 Å². The summed E-state index contributed by atoms with van der Waals surface area (Å²) in [5.41, 5.74) is 2.65. The topological polar surface area (TPSA) is 69.6 Å². The van der Waals surface area contributed by atoms with Crippen LogP contribution in [0.2, 0.25) is 0 Å². The molecular formula is C9H16N2O3. The van der Waals surface area contributed by atoms with Crippen LogP contribution in [0.15, 0.2) is 0 Å². The third-order valence-corrected chi connectivity index (χ3v) is 2.49. The lowest BCUT2D eigenvalue weighted by atomic mass is 10.0. The number of carbonyl (C=O) groups excluding carboxylic acids is 1. The van der Waals surface area contributed by atoms with Gasteiger partial charge in [-0.25, -0.2) is 5.01 Å². The molecule has 0 heterocycles. The molecule has 5 heteroatoms. The molecule has 80 valence electrons. The molecule has 1 aliphatic carbocycles. The molecule has 0 spiro atoms. The van der Waals surface area contributed by atoms with Gasteiger partial charge in [0.05, 0.1) is 5.92 Å². The number of nitrogens with one attached hydrogen (secondary N) is 1. The maximum absolute atomic E-state index is 11.5. The number of aliphatic carboxylic acids is 1. The number of carbonyl (C=O) groups is 2. The van der Waals surface area contributed by atoms with E-state index in [9.17, 15) is 9.59 Å². The van der Waals surface area contributed by atoms with Crippen molar-refractivity contribution in [1.29, 1.82) is 0 Å². The third-order valence-electron chi connectivity index (χ3n) is 2.49. The number of rotatable bonds is 3. The predicted octanol–water partition coefficient (Wildman–Crippen LogP) is 0.0801. The van der Waals surface area contributed by atoms with Crippen LogP contribution in [0.1, 0.15) is 19.3 Å². The van der Waals surface area contributed by atoms with Gasteiger partial charge in [0.2, 0.25) is 5.91 Å². The Kier molecular flexibility index (Phi) is 3.46. The summed E-state index contributed by atoms with van der Waals surface area (Å²) in [6.45, 7) is 0. The lowest BCUT2D eigenvalue weighted by Crippen LogP contribution is -2.39. The van der Waals surface area contributed by atoms with E-state index >= 15 is 0 Å². The normalized spacial score (nSPS) is 26.5. The van der Waals surface area contributed by atoms with Crippen LogP contribution in [-0.4, -0.2) is 36.1 Å². The van der Waals surface area contributed by atoms with Crippen molar-refractivity contribution < 1.29 is 14.7 Å².